The van der Waals surface area contributed by atoms with Crippen molar-refractivity contribution in [2.45, 2.75) is 33.7 Å². The number of carbonyl (C=O) groups excluding carboxylic acids is 3. The molecular formula is C25H24N4O4. The highest BCUT2D eigenvalue weighted by atomic mass is 16.5. The molecule has 0 aliphatic carbocycles. The summed E-state index contributed by atoms with van der Waals surface area (Å²) in [7, 11) is 0. The van der Waals surface area contributed by atoms with E-state index in [1.165, 1.54) is 0 Å². The molecule has 8 nitrogen and oxygen atoms in total. The summed E-state index contributed by atoms with van der Waals surface area (Å²) in [6.45, 7) is 7.32. The minimum atomic E-state index is -0.947. The molecule has 1 aromatic heterocycles. The Morgan fingerprint density at radius 3 is 1.97 bits per heavy atom. The topological polar surface area (TPSA) is 101 Å². The Morgan fingerprint density at radius 1 is 0.909 bits per heavy atom. The van der Waals surface area contributed by atoms with Crippen LogP contribution < -0.4 is 10.1 Å². The van der Waals surface area contributed by atoms with Crippen molar-refractivity contribution in [1.82, 2.24) is 14.9 Å². The summed E-state index contributed by atoms with van der Waals surface area (Å²) < 4.78 is 5.70. The second-order valence-corrected chi connectivity index (χ2v) is 8.26. The van der Waals surface area contributed by atoms with Gasteiger partial charge in [-0.05, 0) is 62.2 Å². The lowest BCUT2D eigenvalue weighted by Crippen LogP contribution is -2.50. The van der Waals surface area contributed by atoms with E-state index in [-0.39, 0.29) is 11.9 Å². The molecule has 0 bridgehead atoms. The van der Waals surface area contributed by atoms with E-state index < -0.39 is 23.8 Å². The van der Waals surface area contributed by atoms with Gasteiger partial charge < -0.3 is 10.1 Å². The van der Waals surface area contributed by atoms with Gasteiger partial charge in [-0.15, -0.1) is 0 Å². The molecule has 8 heteroatoms. The SMILES string of the molecule is Cc1cc(C)nc(Oc2ccc(NC(=O)C(C(C)C)N3C(=O)c4ccccc4C3=O)cc2)n1. The number of ether oxygens (including phenoxy) is 1. The number of aryl methyl sites for hydroxylation is 2. The number of nitrogens with zero attached hydrogens (tertiary/aromatic N) is 3. The number of rotatable bonds is 6. The Labute approximate surface area is 191 Å². The Morgan fingerprint density at radius 2 is 1.45 bits per heavy atom. The molecule has 0 radical (unpaired) electrons. The second kappa shape index (κ2) is 8.82. The number of anilines is 1. The van der Waals surface area contributed by atoms with Crippen molar-refractivity contribution in [3.05, 3.63) is 77.1 Å². The third-order valence-corrected chi connectivity index (χ3v) is 5.30. The van der Waals surface area contributed by atoms with Gasteiger partial charge in [-0.25, -0.2) is 9.97 Å². The van der Waals surface area contributed by atoms with E-state index in [1.807, 2.05) is 19.9 Å². The first-order chi connectivity index (χ1) is 15.7. The molecule has 0 fully saturated rings. The predicted molar refractivity (Wildman–Crippen MR) is 122 cm³/mol. The monoisotopic (exact) mass is 444 g/mol. The van der Waals surface area contributed by atoms with Crippen LogP contribution in [0.2, 0.25) is 0 Å². The smallest absolute Gasteiger partial charge is 0.322 e. The standard InChI is InChI=1S/C25H24N4O4/c1-14(2)21(29-23(31)19-7-5-6-8-20(19)24(29)32)22(30)28-17-9-11-18(12-10-17)33-25-26-15(3)13-16(4)27-25/h5-14,21H,1-4H3,(H,28,30). The first kappa shape index (κ1) is 22.1. The van der Waals surface area contributed by atoms with E-state index >= 15 is 0 Å². The highest BCUT2D eigenvalue weighted by molar-refractivity contribution is 6.23. The van der Waals surface area contributed by atoms with E-state index in [4.69, 9.17) is 4.74 Å². The molecule has 1 aliphatic heterocycles. The summed E-state index contributed by atoms with van der Waals surface area (Å²) in [5.74, 6) is -1.12. The highest BCUT2D eigenvalue weighted by Crippen LogP contribution is 2.28. The first-order valence-electron chi connectivity index (χ1n) is 10.6. The predicted octanol–water partition coefficient (Wildman–Crippen LogP) is 4.15. The van der Waals surface area contributed by atoms with Gasteiger partial charge in [-0.3, -0.25) is 19.3 Å². The molecule has 0 saturated heterocycles. The maximum Gasteiger partial charge on any atom is 0.322 e. The number of carbonyl (C=O) groups is 3. The summed E-state index contributed by atoms with van der Waals surface area (Å²) in [6.07, 6.45) is 0. The van der Waals surface area contributed by atoms with E-state index in [9.17, 15) is 14.4 Å². The van der Waals surface area contributed by atoms with Crippen molar-refractivity contribution in [3.63, 3.8) is 0 Å². The van der Waals surface area contributed by atoms with E-state index in [2.05, 4.69) is 15.3 Å². The van der Waals surface area contributed by atoms with E-state index in [1.54, 1.807) is 62.4 Å². The summed E-state index contributed by atoms with van der Waals surface area (Å²) in [4.78, 5) is 48.4. The van der Waals surface area contributed by atoms with Crippen molar-refractivity contribution in [3.8, 4) is 11.8 Å². The van der Waals surface area contributed by atoms with E-state index in [0.29, 0.717) is 22.6 Å². The van der Waals surface area contributed by atoms with Crippen molar-refractivity contribution in [2.24, 2.45) is 5.92 Å². The zero-order valence-corrected chi connectivity index (χ0v) is 18.8. The average Bonchev–Trinajstić information content (AvgIpc) is 3.00. The molecule has 168 valence electrons. The van der Waals surface area contributed by atoms with Gasteiger partial charge in [-0.2, -0.15) is 0 Å². The lowest BCUT2D eigenvalue weighted by molar-refractivity contribution is -0.121. The molecule has 3 amide bonds. The Kier molecular flexibility index (Phi) is 5.91. The average molecular weight is 444 g/mol. The maximum absolute atomic E-state index is 13.1. The van der Waals surface area contributed by atoms with Gasteiger partial charge in [0, 0.05) is 17.1 Å². The van der Waals surface area contributed by atoms with Crippen molar-refractivity contribution in [1.29, 1.82) is 0 Å². The lowest BCUT2D eigenvalue weighted by Gasteiger charge is -2.28. The third kappa shape index (κ3) is 4.45. The van der Waals surface area contributed by atoms with Crippen molar-refractivity contribution >= 4 is 23.4 Å². The minimum absolute atomic E-state index is 0.245. The van der Waals surface area contributed by atoms with Crippen LogP contribution in [0.15, 0.2) is 54.6 Å². The summed E-state index contributed by atoms with van der Waals surface area (Å²) >= 11 is 0. The highest BCUT2D eigenvalue weighted by Gasteiger charge is 2.43. The quantitative estimate of drug-likeness (QED) is 0.573. The molecule has 4 rings (SSSR count). The maximum atomic E-state index is 13.1. The minimum Gasteiger partial charge on any atom is -0.424 e. The second-order valence-electron chi connectivity index (χ2n) is 8.26. The van der Waals surface area contributed by atoms with Gasteiger partial charge in [0.05, 0.1) is 11.1 Å². The largest absolute Gasteiger partial charge is 0.424 e. The Hall–Kier alpha value is -4.07. The zero-order chi connectivity index (χ0) is 23.7. The van der Waals surface area contributed by atoms with Crippen LogP contribution in [0.3, 0.4) is 0 Å². The molecule has 0 saturated carbocycles. The number of imide groups is 1. The Balaban J connectivity index is 1.49. The number of aromatic nitrogens is 2. The molecular weight excluding hydrogens is 420 g/mol. The zero-order valence-electron chi connectivity index (χ0n) is 18.8. The van der Waals surface area contributed by atoms with Gasteiger partial charge in [0.1, 0.15) is 11.8 Å². The first-order valence-corrected chi connectivity index (χ1v) is 10.6. The fourth-order valence-electron chi connectivity index (χ4n) is 3.85. The normalized spacial score (nSPS) is 13.8. The van der Waals surface area contributed by atoms with E-state index in [0.717, 1.165) is 16.3 Å². The molecule has 2 heterocycles. The van der Waals surface area contributed by atoms with Crippen molar-refractivity contribution in [2.75, 3.05) is 5.32 Å². The van der Waals surface area contributed by atoms with Crippen LogP contribution >= 0.6 is 0 Å². The Bertz CT molecular complexity index is 1180. The van der Waals surface area contributed by atoms with Crippen LogP contribution in [0.5, 0.6) is 11.8 Å². The fourth-order valence-corrected chi connectivity index (χ4v) is 3.85. The van der Waals surface area contributed by atoms with Gasteiger partial charge in [0.2, 0.25) is 5.91 Å². The van der Waals surface area contributed by atoms with Crippen LogP contribution in [0.1, 0.15) is 46.0 Å². The summed E-state index contributed by atoms with van der Waals surface area (Å²) in [6, 6.07) is 14.5. The molecule has 3 aromatic rings. The summed E-state index contributed by atoms with van der Waals surface area (Å²) in [5.41, 5.74) is 2.74. The number of benzene rings is 2. The lowest BCUT2D eigenvalue weighted by atomic mass is 10.0. The molecule has 33 heavy (non-hydrogen) atoms. The van der Waals surface area contributed by atoms with Gasteiger partial charge in [0.25, 0.3) is 11.8 Å². The molecule has 1 N–H and O–H groups in total. The fraction of sp³-hybridized carbons (Fsp3) is 0.240. The van der Waals surface area contributed by atoms with Crippen LogP contribution in [0, 0.1) is 19.8 Å². The number of fused-ring (bicyclic) bond motifs is 1. The third-order valence-electron chi connectivity index (χ3n) is 5.30. The van der Waals surface area contributed by atoms with Crippen LogP contribution in [0.4, 0.5) is 5.69 Å². The summed E-state index contributed by atoms with van der Waals surface area (Å²) in [5, 5.41) is 2.81. The van der Waals surface area contributed by atoms with Crippen LogP contribution in [-0.4, -0.2) is 38.6 Å². The van der Waals surface area contributed by atoms with Gasteiger partial charge >= 0.3 is 6.01 Å². The van der Waals surface area contributed by atoms with Crippen molar-refractivity contribution < 1.29 is 19.1 Å². The molecule has 0 spiro atoms. The number of nitrogens with one attached hydrogen (secondary N) is 1. The number of hydrogen-bond donors (Lipinski definition) is 1. The molecule has 1 atom stereocenters. The van der Waals surface area contributed by atoms with Gasteiger partial charge in [0.15, 0.2) is 0 Å². The molecule has 1 aliphatic rings. The number of amides is 3. The molecule has 2 aromatic carbocycles. The number of hydrogen-bond acceptors (Lipinski definition) is 6. The van der Waals surface area contributed by atoms with Crippen LogP contribution in [0.25, 0.3) is 0 Å². The van der Waals surface area contributed by atoms with Gasteiger partial charge in [-0.1, -0.05) is 26.0 Å². The van der Waals surface area contributed by atoms with Crippen LogP contribution in [-0.2, 0) is 4.79 Å². The molecule has 1 unspecified atom stereocenters.